The van der Waals surface area contributed by atoms with Crippen LogP contribution in [-0.4, -0.2) is 33.7 Å². The van der Waals surface area contributed by atoms with Crippen LogP contribution < -0.4 is 5.32 Å². The molecule has 1 aromatic carbocycles. The third-order valence-electron chi connectivity index (χ3n) is 7.24. The summed E-state index contributed by atoms with van der Waals surface area (Å²) in [6.45, 7) is 0.788. The number of benzene rings is 1. The van der Waals surface area contributed by atoms with Crippen LogP contribution >= 0.6 is 0 Å². The summed E-state index contributed by atoms with van der Waals surface area (Å²) < 4.78 is 0. The topological polar surface area (TPSA) is 89.8 Å². The zero-order valence-electron chi connectivity index (χ0n) is 14.3. The number of fused-ring (bicyclic) bond motifs is 1. The molecule has 1 heterocycles. The Labute approximate surface area is 147 Å². The smallest absolute Gasteiger partial charge is 0.200 e. The Bertz CT molecular complexity index is 757. The summed E-state index contributed by atoms with van der Waals surface area (Å²) in [5, 5.41) is 34.7. The molecule has 4 N–H and O–H groups in total. The van der Waals surface area contributed by atoms with Crippen LogP contribution in [0.5, 0.6) is 17.2 Å². The van der Waals surface area contributed by atoms with Gasteiger partial charge in [0.2, 0.25) is 5.75 Å². The van der Waals surface area contributed by atoms with E-state index in [1.807, 2.05) is 0 Å². The van der Waals surface area contributed by atoms with Gasteiger partial charge in [0.1, 0.15) is 5.78 Å². The first-order valence-electron chi connectivity index (χ1n) is 9.59. The number of piperidine rings is 1. The Balaban J connectivity index is 1.78. The molecule has 3 fully saturated rings. The number of hydrogen-bond acceptors (Lipinski definition) is 5. The molecule has 5 heteroatoms. The van der Waals surface area contributed by atoms with Gasteiger partial charge in [-0.2, -0.15) is 0 Å². The number of phenolic OH excluding ortho intramolecular Hbond substituents is 3. The number of carbonyl (C=O) groups is 1. The zero-order valence-corrected chi connectivity index (χ0v) is 14.3. The summed E-state index contributed by atoms with van der Waals surface area (Å²) in [6, 6.07) is 1.74. The van der Waals surface area contributed by atoms with E-state index in [2.05, 4.69) is 5.32 Å². The molecule has 4 atom stereocenters. The van der Waals surface area contributed by atoms with Gasteiger partial charge in [-0.05, 0) is 55.7 Å². The standard InChI is InChI=1S/C20H25NO4/c22-14-9-13-16(19(25)18(14)24)11(8-10-4-5-10)17-12-2-1-3-15(23)20(12,13)6-7-21-17/h9-12,17,21-22,24-25H,1-8H2/t11?,12-,17+,20-/m0/s1. The minimum Gasteiger partial charge on any atom is -0.504 e. The number of aromatic hydroxyl groups is 3. The Morgan fingerprint density at radius 1 is 1.16 bits per heavy atom. The van der Waals surface area contributed by atoms with E-state index in [-0.39, 0.29) is 35.2 Å². The second-order valence-corrected chi connectivity index (χ2v) is 8.46. The molecule has 25 heavy (non-hydrogen) atoms. The van der Waals surface area contributed by atoms with E-state index in [4.69, 9.17) is 0 Å². The van der Waals surface area contributed by atoms with Crippen LogP contribution in [0.2, 0.25) is 0 Å². The number of carbonyl (C=O) groups excluding carboxylic acids is 1. The monoisotopic (exact) mass is 343 g/mol. The minimum absolute atomic E-state index is 0.0957. The van der Waals surface area contributed by atoms with Gasteiger partial charge in [-0.3, -0.25) is 4.79 Å². The first-order chi connectivity index (χ1) is 12.0. The summed E-state index contributed by atoms with van der Waals surface area (Å²) in [7, 11) is 0. The molecule has 5 rings (SSSR count). The molecular formula is C20H25NO4. The molecule has 0 spiro atoms. The van der Waals surface area contributed by atoms with Crippen molar-refractivity contribution < 1.29 is 20.1 Å². The van der Waals surface area contributed by atoms with Gasteiger partial charge >= 0.3 is 0 Å². The second-order valence-electron chi connectivity index (χ2n) is 8.46. The van der Waals surface area contributed by atoms with Crippen LogP contribution in [0.25, 0.3) is 0 Å². The lowest BCUT2D eigenvalue weighted by molar-refractivity contribution is -0.132. The fourth-order valence-electron chi connectivity index (χ4n) is 6.02. The van der Waals surface area contributed by atoms with Crippen molar-refractivity contribution in [2.75, 3.05) is 6.54 Å². The number of rotatable bonds is 2. The lowest BCUT2D eigenvalue weighted by Crippen LogP contribution is -2.64. The van der Waals surface area contributed by atoms with E-state index in [9.17, 15) is 20.1 Å². The number of Topliss-reactive ketones (excluding diaryl/α,β-unsaturated/α-hetero) is 1. The van der Waals surface area contributed by atoms with Gasteiger partial charge < -0.3 is 20.6 Å². The van der Waals surface area contributed by atoms with Gasteiger partial charge in [0.15, 0.2) is 11.5 Å². The molecule has 134 valence electrons. The molecule has 1 aromatic rings. The minimum atomic E-state index is -0.605. The quantitative estimate of drug-likeness (QED) is 0.620. The second kappa shape index (κ2) is 5.13. The Morgan fingerprint density at radius 3 is 2.72 bits per heavy atom. The summed E-state index contributed by atoms with van der Waals surface area (Å²) in [5.41, 5.74) is 0.899. The third kappa shape index (κ3) is 1.96. The lowest BCUT2D eigenvalue weighted by Gasteiger charge is -2.57. The summed E-state index contributed by atoms with van der Waals surface area (Å²) in [5.74, 6) is 0.251. The SMILES string of the molecule is O=C1CCC[C@H]2[C@@H]3NCC[C@]12c1cc(O)c(O)c(O)c1C3CC1CC1. The van der Waals surface area contributed by atoms with Crippen LogP contribution in [0, 0.1) is 11.8 Å². The predicted octanol–water partition coefficient (Wildman–Crippen LogP) is 2.67. The molecule has 0 radical (unpaired) electrons. The molecule has 1 aliphatic heterocycles. The number of phenols is 3. The maximum atomic E-state index is 13.1. The average molecular weight is 343 g/mol. The number of hydrogen-bond donors (Lipinski definition) is 4. The highest BCUT2D eigenvalue weighted by Crippen LogP contribution is 2.61. The van der Waals surface area contributed by atoms with Crippen LogP contribution in [0.15, 0.2) is 6.07 Å². The number of ketones is 1. The van der Waals surface area contributed by atoms with Gasteiger partial charge in [0.25, 0.3) is 0 Å². The highest BCUT2D eigenvalue weighted by molar-refractivity contribution is 5.93. The van der Waals surface area contributed by atoms with E-state index in [1.165, 1.54) is 12.8 Å². The van der Waals surface area contributed by atoms with Crippen molar-refractivity contribution in [3.05, 3.63) is 17.2 Å². The van der Waals surface area contributed by atoms with Gasteiger partial charge in [0.05, 0.1) is 5.41 Å². The van der Waals surface area contributed by atoms with Gasteiger partial charge in [-0.1, -0.05) is 12.8 Å². The van der Waals surface area contributed by atoms with Crippen LogP contribution in [0.3, 0.4) is 0 Å². The van der Waals surface area contributed by atoms with Crippen molar-refractivity contribution in [1.29, 1.82) is 0 Å². The zero-order chi connectivity index (χ0) is 17.3. The van der Waals surface area contributed by atoms with Crippen molar-refractivity contribution in [3.63, 3.8) is 0 Å². The summed E-state index contributed by atoms with van der Waals surface area (Å²) in [6.07, 6.45) is 6.62. The first-order valence-corrected chi connectivity index (χ1v) is 9.59. The van der Waals surface area contributed by atoms with E-state index < -0.39 is 11.2 Å². The van der Waals surface area contributed by atoms with Crippen molar-refractivity contribution in [2.24, 2.45) is 11.8 Å². The normalized spacial score (nSPS) is 36.6. The van der Waals surface area contributed by atoms with Gasteiger partial charge in [-0.25, -0.2) is 0 Å². The summed E-state index contributed by atoms with van der Waals surface area (Å²) >= 11 is 0. The van der Waals surface area contributed by atoms with E-state index in [0.717, 1.165) is 31.4 Å². The molecule has 3 aliphatic carbocycles. The highest BCUT2D eigenvalue weighted by atomic mass is 16.3. The molecule has 2 bridgehead atoms. The van der Waals surface area contributed by atoms with Crippen LogP contribution in [-0.2, 0) is 10.2 Å². The lowest BCUT2D eigenvalue weighted by atomic mass is 9.49. The molecule has 2 saturated carbocycles. The van der Waals surface area contributed by atoms with Crippen LogP contribution in [0.1, 0.15) is 62.0 Å². The Morgan fingerprint density at radius 2 is 1.96 bits per heavy atom. The largest absolute Gasteiger partial charge is 0.504 e. The average Bonchev–Trinajstić information content (AvgIpc) is 3.41. The van der Waals surface area contributed by atoms with Crippen molar-refractivity contribution in [1.82, 2.24) is 5.32 Å². The van der Waals surface area contributed by atoms with Crippen molar-refractivity contribution in [2.45, 2.75) is 62.3 Å². The van der Waals surface area contributed by atoms with Crippen LogP contribution in [0.4, 0.5) is 0 Å². The molecule has 4 aliphatic rings. The molecule has 0 aromatic heterocycles. The van der Waals surface area contributed by atoms with Gasteiger partial charge in [-0.15, -0.1) is 0 Å². The summed E-state index contributed by atoms with van der Waals surface area (Å²) in [4.78, 5) is 13.1. The van der Waals surface area contributed by atoms with E-state index in [1.54, 1.807) is 6.07 Å². The molecule has 1 saturated heterocycles. The molecule has 5 nitrogen and oxygen atoms in total. The number of nitrogens with one attached hydrogen (secondary N) is 1. The first kappa shape index (κ1) is 15.5. The Kier molecular flexibility index (Phi) is 3.18. The Hall–Kier alpha value is -1.75. The predicted molar refractivity (Wildman–Crippen MR) is 92.0 cm³/mol. The maximum absolute atomic E-state index is 13.1. The van der Waals surface area contributed by atoms with E-state index >= 15 is 0 Å². The molecule has 0 amide bonds. The third-order valence-corrected chi connectivity index (χ3v) is 7.24. The fraction of sp³-hybridized carbons (Fsp3) is 0.650. The van der Waals surface area contributed by atoms with Crippen molar-refractivity contribution >= 4 is 5.78 Å². The maximum Gasteiger partial charge on any atom is 0.200 e. The van der Waals surface area contributed by atoms with Crippen molar-refractivity contribution in [3.8, 4) is 17.2 Å². The van der Waals surface area contributed by atoms with Gasteiger partial charge in [0, 0.05) is 23.9 Å². The highest BCUT2D eigenvalue weighted by Gasteiger charge is 2.60. The molecular weight excluding hydrogens is 318 g/mol. The van der Waals surface area contributed by atoms with E-state index in [0.29, 0.717) is 24.3 Å². The molecule has 1 unspecified atom stereocenters. The fourth-order valence-corrected chi connectivity index (χ4v) is 6.02.